The molecule has 5 heteroatoms. The molecule has 2 aromatic rings. The van der Waals surface area contributed by atoms with E-state index in [-0.39, 0.29) is 5.82 Å². The maximum Gasteiger partial charge on any atom is 0.124 e. The van der Waals surface area contributed by atoms with Crippen molar-refractivity contribution in [1.29, 1.82) is 0 Å². The molecule has 2 nitrogen and oxygen atoms in total. The summed E-state index contributed by atoms with van der Waals surface area (Å²) < 4.78 is 15.9. The van der Waals surface area contributed by atoms with Crippen LogP contribution in [0.1, 0.15) is 24.1 Å². The lowest BCUT2D eigenvalue weighted by Crippen LogP contribution is -2.04. The minimum absolute atomic E-state index is 0.233. The molecule has 0 aliphatic rings. The van der Waals surface area contributed by atoms with E-state index in [4.69, 9.17) is 11.6 Å². The number of benzene rings is 1. The molecular formula is C14H15BrClFN2. The van der Waals surface area contributed by atoms with Gasteiger partial charge in [-0.25, -0.2) is 9.37 Å². The summed E-state index contributed by atoms with van der Waals surface area (Å²) in [5.41, 5.74) is 2.22. The third kappa shape index (κ3) is 4.05. The van der Waals surface area contributed by atoms with Gasteiger partial charge in [0.1, 0.15) is 5.82 Å². The first-order valence-electron chi connectivity index (χ1n) is 6.19. The van der Waals surface area contributed by atoms with Crippen molar-refractivity contribution in [2.75, 3.05) is 5.88 Å². The second kappa shape index (κ2) is 7.06. The van der Waals surface area contributed by atoms with E-state index in [0.717, 1.165) is 29.3 Å². The van der Waals surface area contributed by atoms with Crippen LogP contribution in [0.4, 0.5) is 4.39 Å². The van der Waals surface area contributed by atoms with Gasteiger partial charge in [0.05, 0.1) is 6.33 Å². The van der Waals surface area contributed by atoms with Gasteiger partial charge in [0.2, 0.25) is 0 Å². The predicted octanol–water partition coefficient (Wildman–Crippen LogP) is 4.39. The minimum Gasteiger partial charge on any atom is -0.330 e. The topological polar surface area (TPSA) is 17.8 Å². The SMILES string of the molecule is Fc1ccc(Cn2cncc2CCCCCl)c(Br)c1. The van der Waals surface area contributed by atoms with Crippen molar-refractivity contribution in [3.05, 3.63) is 52.3 Å². The van der Waals surface area contributed by atoms with Gasteiger partial charge in [0.15, 0.2) is 0 Å². The zero-order chi connectivity index (χ0) is 13.7. The summed E-state index contributed by atoms with van der Waals surface area (Å²) in [6, 6.07) is 4.76. The summed E-state index contributed by atoms with van der Waals surface area (Å²) >= 11 is 9.07. The molecule has 0 spiro atoms. The number of hydrogen-bond acceptors (Lipinski definition) is 1. The molecule has 0 radical (unpaired) electrons. The van der Waals surface area contributed by atoms with E-state index in [1.807, 2.05) is 12.5 Å². The van der Waals surface area contributed by atoms with Crippen LogP contribution in [0.3, 0.4) is 0 Å². The zero-order valence-electron chi connectivity index (χ0n) is 10.5. The Hall–Kier alpha value is -0.870. The molecule has 102 valence electrons. The monoisotopic (exact) mass is 344 g/mol. The highest BCUT2D eigenvalue weighted by molar-refractivity contribution is 9.10. The van der Waals surface area contributed by atoms with Crippen molar-refractivity contribution >= 4 is 27.5 Å². The molecule has 0 N–H and O–H groups in total. The Balaban J connectivity index is 2.08. The molecule has 0 aliphatic heterocycles. The van der Waals surface area contributed by atoms with Crippen molar-refractivity contribution < 1.29 is 4.39 Å². The second-order valence-corrected chi connectivity index (χ2v) is 5.63. The molecule has 1 heterocycles. The highest BCUT2D eigenvalue weighted by atomic mass is 79.9. The maximum absolute atomic E-state index is 13.0. The Labute approximate surface area is 125 Å². The van der Waals surface area contributed by atoms with Crippen LogP contribution in [0.15, 0.2) is 35.2 Å². The number of imidazole rings is 1. The van der Waals surface area contributed by atoms with Crippen LogP contribution in [0.2, 0.25) is 0 Å². The van der Waals surface area contributed by atoms with Gasteiger partial charge in [-0.15, -0.1) is 11.6 Å². The Morgan fingerprint density at radius 1 is 1.32 bits per heavy atom. The summed E-state index contributed by atoms with van der Waals surface area (Å²) in [5.74, 6) is 0.459. The van der Waals surface area contributed by atoms with E-state index in [1.54, 1.807) is 6.07 Å². The molecule has 0 unspecified atom stereocenters. The first-order chi connectivity index (χ1) is 9.20. The Morgan fingerprint density at radius 3 is 2.89 bits per heavy atom. The van der Waals surface area contributed by atoms with Crippen LogP contribution in [0.5, 0.6) is 0 Å². The van der Waals surface area contributed by atoms with E-state index in [9.17, 15) is 4.39 Å². The first-order valence-corrected chi connectivity index (χ1v) is 7.52. The van der Waals surface area contributed by atoms with Crippen LogP contribution in [0, 0.1) is 5.82 Å². The summed E-state index contributed by atoms with van der Waals surface area (Å²) in [4.78, 5) is 4.18. The predicted molar refractivity (Wildman–Crippen MR) is 79.1 cm³/mol. The smallest absolute Gasteiger partial charge is 0.124 e. The number of rotatable bonds is 6. The van der Waals surface area contributed by atoms with Gasteiger partial charge < -0.3 is 4.57 Å². The fourth-order valence-electron chi connectivity index (χ4n) is 1.93. The lowest BCUT2D eigenvalue weighted by atomic mass is 10.2. The molecule has 0 amide bonds. The molecule has 0 atom stereocenters. The number of hydrogen-bond donors (Lipinski definition) is 0. The fraction of sp³-hybridized carbons (Fsp3) is 0.357. The van der Waals surface area contributed by atoms with Crippen LogP contribution in [-0.4, -0.2) is 15.4 Å². The van der Waals surface area contributed by atoms with Gasteiger partial charge in [0.25, 0.3) is 0 Å². The molecule has 0 saturated carbocycles. The van der Waals surface area contributed by atoms with Crippen molar-refractivity contribution in [3.63, 3.8) is 0 Å². The normalized spacial score (nSPS) is 10.9. The first kappa shape index (κ1) is 14.5. The maximum atomic E-state index is 13.0. The summed E-state index contributed by atoms with van der Waals surface area (Å²) in [6.07, 6.45) is 6.72. The average Bonchev–Trinajstić information content (AvgIpc) is 2.81. The quantitative estimate of drug-likeness (QED) is 0.560. The van der Waals surface area contributed by atoms with Crippen molar-refractivity contribution in [2.45, 2.75) is 25.8 Å². The van der Waals surface area contributed by atoms with E-state index in [2.05, 4.69) is 25.5 Å². The van der Waals surface area contributed by atoms with Gasteiger partial charge in [-0.1, -0.05) is 22.0 Å². The largest absolute Gasteiger partial charge is 0.330 e. The lowest BCUT2D eigenvalue weighted by molar-refractivity contribution is 0.624. The van der Waals surface area contributed by atoms with Crippen molar-refractivity contribution in [2.24, 2.45) is 0 Å². The molecule has 0 aliphatic carbocycles. The third-order valence-electron chi connectivity index (χ3n) is 2.97. The summed E-state index contributed by atoms with van der Waals surface area (Å²) in [5, 5.41) is 0. The van der Waals surface area contributed by atoms with Gasteiger partial charge in [-0.2, -0.15) is 0 Å². The molecule has 1 aromatic heterocycles. The molecule has 0 bridgehead atoms. The third-order valence-corrected chi connectivity index (χ3v) is 3.98. The van der Waals surface area contributed by atoms with Crippen molar-refractivity contribution in [1.82, 2.24) is 9.55 Å². The number of alkyl halides is 1. The van der Waals surface area contributed by atoms with Crippen LogP contribution >= 0.6 is 27.5 Å². The Kier molecular flexibility index (Phi) is 5.40. The molecule has 0 fully saturated rings. The highest BCUT2D eigenvalue weighted by Gasteiger charge is 2.06. The van der Waals surface area contributed by atoms with Crippen LogP contribution in [0.25, 0.3) is 0 Å². The minimum atomic E-state index is -0.233. The van der Waals surface area contributed by atoms with E-state index < -0.39 is 0 Å². The van der Waals surface area contributed by atoms with Gasteiger partial charge in [-0.3, -0.25) is 0 Å². The number of halogens is 3. The lowest BCUT2D eigenvalue weighted by Gasteiger charge is -2.09. The number of unbranched alkanes of at least 4 members (excludes halogenated alkanes) is 1. The van der Waals surface area contributed by atoms with E-state index >= 15 is 0 Å². The highest BCUT2D eigenvalue weighted by Crippen LogP contribution is 2.20. The van der Waals surface area contributed by atoms with E-state index in [1.165, 1.54) is 17.8 Å². The average molecular weight is 346 g/mol. The van der Waals surface area contributed by atoms with Gasteiger partial charge in [0, 0.05) is 28.8 Å². The summed E-state index contributed by atoms with van der Waals surface area (Å²) in [7, 11) is 0. The molecule has 19 heavy (non-hydrogen) atoms. The zero-order valence-corrected chi connectivity index (χ0v) is 12.8. The Morgan fingerprint density at radius 2 is 2.16 bits per heavy atom. The molecule has 2 rings (SSSR count). The second-order valence-electron chi connectivity index (χ2n) is 4.39. The number of nitrogens with zero attached hydrogens (tertiary/aromatic N) is 2. The van der Waals surface area contributed by atoms with Crippen molar-refractivity contribution in [3.8, 4) is 0 Å². The molecule has 1 aromatic carbocycles. The fourth-order valence-corrected chi connectivity index (χ4v) is 2.60. The number of aromatic nitrogens is 2. The van der Waals surface area contributed by atoms with Crippen LogP contribution < -0.4 is 0 Å². The van der Waals surface area contributed by atoms with Gasteiger partial charge in [-0.05, 0) is 37.0 Å². The van der Waals surface area contributed by atoms with Crippen LogP contribution in [-0.2, 0) is 13.0 Å². The van der Waals surface area contributed by atoms with Gasteiger partial charge >= 0.3 is 0 Å². The Bertz CT molecular complexity index is 542. The van der Waals surface area contributed by atoms with E-state index in [0.29, 0.717) is 12.4 Å². The molecule has 0 saturated heterocycles. The standard InChI is InChI=1S/C14H15BrClFN2/c15-14-7-12(17)5-4-11(14)9-19-10-18-8-13(19)3-1-2-6-16/h4-5,7-8,10H,1-3,6,9H2. The molecular weight excluding hydrogens is 331 g/mol. The number of aryl methyl sites for hydroxylation is 1. The summed E-state index contributed by atoms with van der Waals surface area (Å²) in [6.45, 7) is 0.692.